The highest BCUT2D eigenvalue weighted by atomic mass is 15.3. The Morgan fingerprint density at radius 3 is 2.80 bits per heavy atom. The van der Waals surface area contributed by atoms with Gasteiger partial charge in [-0.15, -0.1) is 0 Å². The van der Waals surface area contributed by atoms with E-state index in [2.05, 4.69) is 30.3 Å². The molecule has 1 unspecified atom stereocenters. The van der Waals surface area contributed by atoms with Crippen LogP contribution in [0, 0.1) is 5.92 Å². The van der Waals surface area contributed by atoms with Gasteiger partial charge in [-0.05, 0) is 44.8 Å². The number of nitrogens with zero attached hydrogens (tertiary/aromatic N) is 2. The number of aromatic nitrogens is 2. The van der Waals surface area contributed by atoms with Crippen LogP contribution in [-0.4, -0.2) is 23.4 Å². The second kappa shape index (κ2) is 5.91. The van der Waals surface area contributed by atoms with Crippen LogP contribution < -0.4 is 5.32 Å². The summed E-state index contributed by atoms with van der Waals surface area (Å²) in [7, 11) is 4.05. The van der Waals surface area contributed by atoms with Gasteiger partial charge in [0.05, 0.1) is 5.69 Å². The zero-order valence-electron chi connectivity index (χ0n) is 10.4. The third-order valence-corrected chi connectivity index (χ3v) is 2.84. The molecule has 1 aromatic rings. The molecule has 0 saturated heterocycles. The highest BCUT2D eigenvalue weighted by Crippen LogP contribution is 2.10. The summed E-state index contributed by atoms with van der Waals surface area (Å²) in [5.41, 5.74) is 2.56. The SMILES string of the molecule is CCc1cc(CCC(C)CNC)n(C)n1. The van der Waals surface area contributed by atoms with Crippen molar-refractivity contribution in [3.05, 3.63) is 17.5 Å². The van der Waals surface area contributed by atoms with Gasteiger partial charge in [0.1, 0.15) is 0 Å². The second-order valence-electron chi connectivity index (χ2n) is 4.31. The van der Waals surface area contributed by atoms with Crippen LogP contribution in [0.25, 0.3) is 0 Å². The number of hydrogen-bond donors (Lipinski definition) is 1. The van der Waals surface area contributed by atoms with Crippen LogP contribution in [0.2, 0.25) is 0 Å². The molecule has 3 heteroatoms. The summed E-state index contributed by atoms with van der Waals surface area (Å²) in [4.78, 5) is 0. The predicted octanol–water partition coefficient (Wildman–Crippen LogP) is 1.77. The average Bonchev–Trinajstić information content (AvgIpc) is 2.57. The first kappa shape index (κ1) is 12.2. The summed E-state index contributed by atoms with van der Waals surface area (Å²) >= 11 is 0. The van der Waals surface area contributed by atoms with Gasteiger partial charge in [-0.25, -0.2) is 0 Å². The molecule has 0 aliphatic carbocycles. The Bertz CT molecular complexity index is 291. The van der Waals surface area contributed by atoms with E-state index in [4.69, 9.17) is 0 Å². The van der Waals surface area contributed by atoms with Gasteiger partial charge in [0.25, 0.3) is 0 Å². The Morgan fingerprint density at radius 2 is 2.27 bits per heavy atom. The van der Waals surface area contributed by atoms with Crippen LogP contribution in [0.4, 0.5) is 0 Å². The molecule has 1 rings (SSSR count). The molecule has 0 amide bonds. The van der Waals surface area contributed by atoms with Crippen molar-refractivity contribution >= 4 is 0 Å². The van der Waals surface area contributed by atoms with Crippen molar-refractivity contribution in [3.63, 3.8) is 0 Å². The van der Waals surface area contributed by atoms with E-state index in [1.807, 2.05) is 18.8 Å². The van der Waals surface area contributed by atoms with E-state index in [9.17, 15) is 0 Å². The van der Waals surface area contributed by atoms with Crippen molar-refractivity contribution in [3.8, 4) is 0 Å². The van der Waals surface area contributed by atoms with Crippen LogP contribution in [-0.2, 0) is 19.9 Å². The lowest BCUT2D eigenvalue weighted by Crippen LogP contribution is -2.17. The number of nitrogens with one attached hydrogen (secondary N) is 1. The monoisotopic (exact) mass is 209 g/mol. The topological polar surface area (TPSA) is 29.9 Å². The minimum atomic E-state index is 0.731. The molecule has 0 fully saturated rings. The third kappa shape index (κ3) is 3.67. The van der Waals surface area contributed by atoms with Crippen molar-refractivity contribution < 1.29 is 0 Å². The molecule has 0 saturated carbocycles. The van der Waals surface area contributed by atoms with Crippen molar-refractivity contribution in [2.45, 2.75) is 33.1 Å². The van der Waals surface area contributed by atoms with Crippen molar-refractivity contribution in [2.24, 2.45) is 13.0 Å². The molecular weight excluding hydrogens is 186 g/mol. The van der Waals surface area contributed by atoms with Crippen LogP contribution in [0.5, 0.6) is 0 Å². The molecule has 0 bridgehead atoms. The second-order valence-corrected chi connectivity index (χ2v) is 4.31. The predicted molar refractivity (Wildman–Crippen MR) is 64.0 cm³/mol. The maximum Gasteiger partial charge on any atom is 0.0624 e. The molecular formula is C12H23N3. The molecule has 0 aliphatic rings. The van der Waals surface area contributed by atoms with Crippen molar-refractivity contribution in [2.75, 3.05) is 13.6 Å². The average molecular weight is 209 g/mol. The van der Waals surface area contributed by atoms with Gasteiger partial charge in [-0.3, -0.25) is 4.68 Å². The molecule has 1 aromatic heterocycles. The lowest BCUT2D eigenvalue weighted by Gasteiger charge is -2.09. The molecule has 3 nitrogen and oxygen atoms in total. The molecule has 1 N–H and O–H groups in total. The van der Waals surface area contributed by atoms with Crippen LogP contribution in [0.1, 0.15) is 31.7 Å². The quantitative estimate of drug-likeness (QED) is 0.774. The Balaban J connectivity index is 2.46. The summed E-state index contributed by atoms with van der Waals surface area (Å²) in [5, 5.41) is 7.67. The minimum absolute atomic E-state index is 0.731. The van der Waals surface area contributed by atoms with E-state index in [1.54, 1.807) is 0 Å². The summed E-state index contributed by atoms with van der Waals surface area (Å²) in [6, 6.07) is 2.23. The lowest BCUT2D eigenvalue weighted by molar-refractivity contribution is 0.495. The fourth-order valence-corrected chi connectivity index (χ4v) is 1.82. The van der Waals surface area contributed by atoms with Crippen LogP contribution in [0.3, 0.4) is 0 Å². The molecule has 0 aromatic carbocycles. The summed E-state index contributed by atoms with van der Waals surface area (Å²) in [6.45, 7) is 5.53. The van der Waals surface area contributed by atoms with Gasteiger partial charge < -0.3 is 5.32 Å². The first-order valence-corrected chi connectivity index (χ1v) is 5.83. The molecule has 0 radical (unpaired) electrons. The summed E-state index contributed by atoms with van der Waals surface area (Å²) < 4.78 is 2.02. The third-order valence-electron chi connectivity index (χ3n) is 2.84. The zero-order valence-corrected chi connectivity index (χ0v) is 10.4. The Labute approximate surface area is 92.9 Å². The number of aryl methyl sites for hydroxylation is 3. The van der Waals surface area contributed by atoms with Crippen LogP contribution in [0.15, 0.2) is 6.07 Å². The highest BCUT2D eigenvalue weighted by molar-refractivity contribution is 5.10. The Hall–Kier alpha value is -0.830. The standard InChI is InChI=1S/C12H23N3/c1-5-11-8-12(15(4)14-11)7-6-10(2)9-13-3/h8,10,13H,5-7,9H2,1-4H3. The van der Waals surface area contributed by atoms with Crippen molar-refractivity contribution in [1.82, 2.24) is 15.1 Å². The van der Waals surface area contributed by atoms with Crippen LogP contribution >= 0.6 is 0 Å². The first-order valence-electron chi connectivity index (χ1n) is 5.83. The van der Waals surface area contributed by atoms with Gasteiger partial charge in [-0.2, -0.15) is 5.10 Å². The van der Waals surface area contributed by atoms with Gasteiger partial charge in [-0.1, -0.05) is 13.8 Å². The smallest absolute Gasteiger partial charge is 0.0624 e. The zero-order chi connectivity index (χ0) is 11.3. The minimum Gasteiger partial charge on any atom is -0.319 e. The van der Waals surface area contributed by atoms with E-state index >= 15 is 0 Å². The van der Waals surface area contributed by atoms with Crippen molar-refractivity contribution in [1.29, 1.82) is 0 Å². The molecule has 1 heterocycles. The molecule has 15 heavy (non-hydrogen) atoms. The highest BCUT2D eigenvalue weighted by Gasteiger charge is 2.06. The summed E-state index contributed by atoms with van der Waals surface area (Å²) in [5.74, 6) is 0.731. The van der Waals surface area contributed by atoms with Gasteiger partial charge in [0, 0.05) is 12.7 Å². The molecule has 1 atom stereocenters. The normalized spacial score (nSPS) is 13.1. The molecule has 0 aliphatic heterocycles. The largest absolute Gasteiger partial charge is 0.319 e. The first-order chi connectivity index (χ1) is 7.17. The lowest BCUT2D eigenvalue weighted by atomic mass is 10.0. The van der Waals surface area contributed by atoms with Gasteiger partial charge in [0.2, 0.25) is 0 Å². The molecule has 0 spiro atoms. The van der Waals surface area contributed by atoms with Gasteiger partial charge >= 0.3 is 0 Å². The van der Waals surface area contributed by atoms with E-state index in [0.29, 0.717) is 0 Å². The fraction of sp³-hybridized carbons (Fsp3) is 0.750. The fourth-order valence-electron chi connectivity index (χ4n) is 1.82. The maximum absolute atomic E-state index is 4.45. The van der Waals surface area contributed by atoms with E-state index < -0.39 is 0 Å². The Kier molecular flexibility index (Phi) is 4.82. The maximum atomic E-state index is 4.45. The Morgan fingerprint density at radius 1 is 1.53 bits per heavy atom. The van der Waals surface area contributed by atoms with E-state index in [-0.39, 0.29) is 0 Å². The van der Waals surface area contributed by atoms with Gasteiger partial charge in [0.15, 0.2) is 0 Å². The van der Waals surface area contributed by atoms with E-state index in [0.717, 1.165) is 25.3 Å². The molecule has 86 valence electrons. The number of hydrogen-bond acceptors (Lipinski definition) is 2. The summed E-state index contributed by atoms with van der Waals surface area (Å²) in [6.07, 6.45) is 3.38. The number of rotatable bonds is 6. The van der Waals surface area contributed by atoms with E-state index in [1.165, 1.54) is 17.8 Å².